The molecule has 0 fully saturated rings. The third-order valence-electron chi connectivity index (χ3n) is 4.54. The SMILES string of the molecule is C[C@@H]1Oc2ccccc2O[C@@H]1C(=O)N(Cc1ccccn1)c1ccc(Cl)cc1. The van der Waals surface area contributed by atoms with Gasteiger partial charge in [0.15, 0.2) is 11.5 Å². The van der Waals surface area contributed by atoms with Crippen molar-refractivity contribution in [2.45, 2.75) is 25.7 Å². The number of halogens is 1. The topological polar surface area (TPSA) is 51.7 Å². The zero-order valence-corrected chi connectivity index (χ0v) is 16.0. The van der Waals surface area contributed by atoms with Crippen molar-refractivity contribution in [2.75, 3.05) is 4.90 Å². The summed E-state index contributed by atoms with van der Waals surface area (Å²) in [5.41, 5.74) is 1.49. The number of amides is 1. The smallest absolute Gasteiger partial charge is 0.272 e. The van der Waals surface area contributed by atoms with Gasteiger partial charge in [-0.3, -0.25) is 9.78 Å². The summed E-state index contributed by atoms with van der Waals surface area (Å²) in [6.07, 6.45) is 0.508. The number of nitrogens with zero attached hydrogens (tertiary/aromatic N) is 2. The van der Waals surface area contributed by atoms with Crippen LogP contribution in [0.25, 0.3) is 0 Å². The number of carbonyl (C=O) groups is 1. The molecule has 3 aromatic rings. The second-order valence-electron chi connectivity index (χ2n) is 6.53. The fourth-order valence-corrected chi connectivity index (χ4v) is 3.24. The fraction of sp³-hybridized carbons (Fsp3) is 0.182. The Hall–Kier alpha value is -3.05. The Morgan fingerprint density at radius 1 is 1.00 bits per heavy atom. The molecule has 1 aromatic heterocycles. The van der Waals surface area contributed by atoms with E-state index in [1.54, 1.807) is 29.3 Å². The second kappa shape index (κ2) is 7.90. The van der Waals surface area contributed by atoms with E-state index >= 15 is 0 Å². The first-order valence-corrected chi connectivity index (χ1v) is 9.39. The normalized spacial score (nSPS) is 17.8. The first-order chi connectivity index (χ1) is 13.6. The number of pyridine rings is 1. The van der Waals surface area contributed by atoms with Crippen LogP contribution in [0.15, 0.2) is 72.9 Å². The molecule has 4 rings (SSSR count). The molecule has 1 aliphatic rings. The van der Waals surface area contributed by atoms with Gasteiger partial charge in [-0.2, -0.15) is 0 Å². The van der Waals surface area contributed by atoms with Crippen LogP contribution < -0.4 is 14.4 Å². The van der Waals surface area contributed by atoms with E-state index in [9.17, 15) is 4.79 Å². The average molecular weight is 395 g/mol. The maximum atomic E-state index is 13.5. The van der Waals surface area contributed by atoms with Gasteiger partial charge in [0.25, 0.3) is 5.91 Å². The van der Waals surface area contributed by atoms with E-state index in [-0.39, 0.29) is 5.91 Å². The molecule has 1 aliphatic heterocycles. The molecule has 0 N–H and O–H groups in total. The van der Waals surface area contributed by atoms with Gasteiger partial charge >= 0.3 is 0 Å². The standard InChI is InChI=1S/C22H19ClN2O3/c1-15-21(28-20-8-3-2-7-19(20)27-15)22(26)25(14-17-6-4-5-13-24-17)18-11-9-16(23)10-12-18/h2-13,15,21H,14H2,1H3/t15-,21-/m0/s1. The molecule has 0 radical (unpaired) electrons. The fourth-order valence-electron chi connectivity index (χ4n) is 3.12. The van der Waals surface area contributed by atoms with Crippen LogP contribution in [0, 0.1) is 0 Å². The summed E-state index contributed by atoms with van der Waals surface area (Å²) < 4.78 is 11.9. The zero-order chi connectivity index (χ0) is 19.5. The van der Waals surface area contributed by atoms with E-state index < -0.39 is 12.2 Å². The molecule has 0 bridgehead atoms. The molecule has 0 aliphatic carbocycles. The maximum Gasteiger partial charge on any atom is 0.272 e. The van der Waals surface area contributed by atoms with Gasteiger partial charge in [0, 0.05) is 16.9 Å². The van der Waals surface area contributed by atoms with Crippen LogP contribution in [0.5, 0.6) is 11.5 Å². The molecular formula is C22H19ClN2O3. The minimum atomic E-state index is -0.769. The number of benzene rings is 2. The summed E-state index contributed by atoms with van der Waals surface area (Å²) in [4.78, 5) is 19.5. The molecule has 1 amide bonds. The zero-order valence-electron chi connectivity index (χ0n) is 15.3. The molecule has 2 aromatic carbocycles. The van der Waals surface area contributed by atoms with E-state index in [1.807, 2.05) is 55.5 Å². The summed E-state index contributed by atoms with van der Waals surface area (Å²) in [5, 5.41) is 0.605. The van der Waals surface area contributed by atoms with Gasteiger partial charge in [0.1, 0.15) is 6.10 Å². The van der Waals surface area contributed by atoms with Crippen molar-refractivity contribution in [1.29, 1.82) is 0 Å². The highest BCUT2D eigenvalue weighted by Crippen LogP contribution is 2.34. The lowest BCUT2D eigenvalue weighted by Gasteiger charge is -2.34. The number of hydrogen-bond donors (Lipinski definition) is 0. The lowest BCUT2D eigenvalue weighted by atomic mass is 10.1. The largest absolute Gasteiger partial charge is 0.482 e. The molecule has 2 heterocycles. The summed E-state index contributed by atoms with van der Waals surface area (Å²) in [5.74, 6) is 1.00. The van der Waals surface area contributed by atoms with E-state index in [4.69, 9.17) is 21.1 Å². The monoisotopic (exact) mass is 394 g/mol. The second-order valence-corrected chi connectivity index (χ2v) is 6.97. The van der Waals surface area contributed by atoms with Crippen molar-refractivity contribution in [3.63, 3.8) is 0 Å². The molecular weight excluding hydrogens is 376 g/mol. The number of hydrogen-bond acceptors (Lipinski definition) is 4. The predicted octanol–water partition coefficient (Wildman–Crippen LogP) is 4.50. The van der Waals surface area contributed by atoms with Crippen molar-refractivity contribution in [3.05, 3.63) is 83.6 Å². The van der Waals surface area contributed by atoms with Gasteiger partial charge in [0.05, 0.1) is 12.2 Å². The maximum absolute atomic E-state index is 13.5. The highest BCUT2D eigenvalue weighted by atomic mass is 35.5. The third-order valence-corrected chi connectivity index (χ3v) is 4.79. The van der Waals surface area contributed by atoms with Crippen molar-refractivity contribution >= 4 is 23.2 Å². The molecule has 142 valence electrons. The van der Waals surface area contributed by atoms with Crippen molar-refractivity contribution in [3.8, 4) is 11.5 Å². The van der Waals surface area contributed by atoms with Gasteiger partial charge < -0.3 is 14.4 Å². The molecule has 2 atom stereocenters. The Kier molecular flexibility index (Phi) is 5.17. The third kappa shape index (κ3) is 3.80. The van der Waals surface area contributed by atoms with E-state index in [0.29, 0.717) is 23.1 Å². The lowest BCUT2D eigenvalue weighted by Crippen LogP contribution is -2.50. The highest BCUT2D eigenvalue weighted by Gasteiger charge is 2.37. The van der Waals surface area contributed by atoms with Crippen LogP contribution in [0.1, 0.15) is 12.6 Å². The van der Waals surface area contributed by atoms with Crippen LogP contribution in [0.4, 0.5) is 5.69 Å². The molecule has 5 nitrogen and oxygen atoms in total. The van der Waals surface area contributed by atoms with Crippen LogP contribution in [0.2, 0.25) is 5.02 Å². The lowest BCUT2D eigenvalue weighted by molar-refractivity contribution is -0.130. The Morgan fingerprint density at radius 3 is 2.36 bits per heavy atom. The predicted molar refractivity (Wildman–Crippen MR) is 108 cm³/mol. The Morgan fingerprint density at radius 2 is 1.68 bits per heavy atom. The van der Waals surface area contributed by atoms with Crippen LogP contribution in [-0.2, 0) is 11.3 Å². The van der Waals surface area contributed by atoms with Gasteiger partial charge in [-0.25, -0.2) is 0 Å². The molecule has 28 heavy (non-hydrogen) atoms. The number of fused-ring (bicyclic) bond motifs is 1. The van der Waals surface area contributed by atoms with Gasteiger partial charge in [-0.05, 0) is 55.5 Å². The Balaban J connectivity index is 1.65. The summed E-state index contributed by atoms with van der Waals surface area (Å²) in [6, 6.07) is 20.1. The van der Waals surface area contributed by atoms with E-state index in [1.165, 1.54) is 0 Å². The van der Waals surface area contributed by atoms with Crippen molar-refractivity contribution < 1.29 is 14.3 Å². The van der Waals surface area contributed by atoms with Gasteiger partial charge in [-0.1, -0.05) is 29.8 Å². The number of aromatic nitrogens is 1. The number of anilines is 1. The minimum Gasteiger partial charge on any atom is -0.482 e. The van der Waals surface area contributed by atoms with Crippen LogP contribution in [0.3, 0.4) is 0 Å². The summed E-state index contributed by atoms with van der Waals surface area (Å²) in [6.45, 7) is 2.15. The number of carbonyl (C=O) groups excluding carboxylic acids is 1. The number of ether oxygens (including phenoxy) is 2. The minimum absolute atomic E-state index is 0.199. The van der Waals surface area contributed by atoms with Crippen molar-refractivity contribution in [2.24, 2.45) is 0 Å². The summed E-state index contributed by atoms with van der Waals surface area (Å²) in [7, 11) is 0. The molecule has 0 spiro atoms. The molecule has 6 heteroatoms. The quantitative estimate of drug-likeness (QED) is 0.654. The van der Waals surface area contributed by atoms with E-state index in [2.05, 4.69) is 4.98 Å². The summed E-state index contributed by atoms with van der Waals surface area (Å²) >= 11 is 6.02. The average Bonchev–Trinajstić information content (AvgIpc) is 2.72. The van der Waals surface area contributed by atoms with Crippen LogP contribution >= 0.6 is 11.6 Å². The van der Waals surface area contributed by atoms with Crippen molar-refractivity contribution in [1.82, 2.24) is 4.98 Å². The number of para-hydroxylation sites is 2. The Labute approximate surface area is 168 Å². The Bertz CT molecular complexity index is 963. The first-order valence-electron chi connectivity index (χ1n) is 9.01. The van der Waals surface area contributed by atoms with E-state index in [0.717, 1.165) is 11.4 Å². The molecule has 0 unspecified atom stereocenters. The molecule has 0 saturated heterocycles. The van der Waals surface area contributed by atoms with Crippen LogP contribution in [-0.4, -0.2) is 23.1 Å². The number of rotatable bonds is 4. The first kappa shape index (κ1) is 18.3. The highest BCUT2D eigenvalue weighted by molar-refractivity contribution is 6.30. The van der Waals surface area contributed by atoms with Gasteiger partial charge in [0.2, 0.25) is 6.10 Å². The molecule has 0 saturated carbocycles. The van der Waals surface area contributed by atoms with Gasteiger partial charge in [-0.15, -0.1) is 0 Å².